The summed E-state index contributed by atoms with van der Waals surface area (Å²) in [5.74, 6) is -0.644. The van der Waals surface area contributed by atoms with Crippen molar-refractivity contribution in [3.05, 3.63) is 77.7 Å². The summed E-state index contributed by atoms with van der Waals surface area (Å²) in [7, 11) is 1.27. The highest BCUT2D eigenvalue weighted by Crippen LogP contribution is 2.18. The molecule has 0 aliphatic heterocycles. The summed E-state index contributed by atoms with van der Waals surface area (Å²) >= 11 is 0. The van der Waals surface area contributed by atoms with Crippen LogP contribution in [-0.2, 0) is 4.74 Å². The quantitative estimate of drug-likeness (QED) is 0.660. The van der Waals surface area contributed by atoms with E-state index in [4.69, 9.17) is 10.00 Å². The van der Waals surface area contributed by atoms with Gasteiger partial charge >= 0.3 is 5.97 Å². The van der Waals surface area contributed by atoms with E-state index in [-0.39, 0.29) is 11.3 Å². The summed E-state index contributed by atoms with van der Waals surface area (Å²) in [5.41, 5.74) is 1.92. The van der Waals surface area contributed by atoms with Crippen LogP contribution < -0.4 is 10.6 Å². The molecule has 0 aliphatic carbocycles. The molecular formula is C20H15N5O3. The van der Waals surface area contributed by atoms with Gasteiger partial charge < -0.3 is 15.4 Å². The fraction of sp³-hybridized carbons (Fsp3) is 0.0500. The standard InChI is InChI=1S/C20H15N5O3/c1-28-20(27)15-4-2-3-5-16(15)25-19(26)17-10-18(23-12-22-17)24-14-8-6-13(11-21)7-9-14/h2-10,12H,1H3,(H,25,26)(H,22,23,24). The summed E-state index contributed by atoms with van der Waals surface area (Å²) in [4.78, 5) is 32.4. The minimum absolute atomic E-state index is 0.116. The lowest BCUT2D eigenvalue weighted by molar-refractivity contribution is 0.0602. The number of methoxy groups -OCH3 is 1. The Morgan fingerprint density at radius 2 is 1.82 bits per heavy atom. The van der Waals surface area contributed by atoms with Crippen LogP contribution in [0.25, 0.3) is 0 Å². The van der Waals surface area contributed by atoms with Crippen molar-refractivity contribution in [1.82, 2.24) is 9.97 Å². The molecule has 1 amide bonds. The van der Waals surface area contributed by atoms with Crippen LogP contribution >= 0.6 is 0 Å². The van der Waals surface area contributed by atoms with Crippen molar-refractivity contribution in [3.8, 4) is 6.07 Å². The minimum Gasteiger partial charge on any atom is -0.465 e. The third-order valence-corrected chi connectivity index (χ3v) is 3.77. The molecular weight excluding hydrogens is 358 g/mol. The molecule has 0 saturated carbocycles. The number of anilines is 3. The van der Waals surface area contributed by atoms with Crippen LogP contribution in [0.1, 0.15) is 26.4 Å². The first kappa shape index (κ1) is 18.5. The highest BCUT2D eigenvalue weighted by atomic mass is 16.5. The molecule has 1 heterocycles. The fourth-order valence-electron chi connectivity index (χ4n) is 2.39. The molecule has 1 aromatic heterocycles. The molecule has 138 valence electrons. The van der Waals surface area contributed by atoms with E-state index in [0.29, 0.717) is 22.8 Å². The molecule has 0 radical (unpaired) electrons. The van der Waals surface area contributed by atoms with E-state index >= 15 is 0 Å². The van der Waals surface area contributed by atoms with E-state index in [1.807, 2.05) is 6.07 Å². The maximum atomic E-state index is 12.5. The molecule has 2 aromatic carbocycles. The summed E-state index contributed by atoms with van der Waals surface area (Å²) in [5, 5.41) is 14.5. The zero-order valence-corrected chi connectivity index (χ0v) is 14.8. The lowest BCUT2D eigenvalue weighted by Crippen LogP contribution is -2.17. The summed E-state index contributed by atoms with van der Waals surface area (Å²) < 4.78 is 4.72. The Balaban J connectivity index is 1.77. The highest BCUT2D eigenvalue weighted by Gasteiger charge is 2.15. The van der Waals surface area contributed by atoms with Crippen molar-refractivity contribution < 1.29 is 14.3 Å². The van der Waals surface area contributed by atoms with E-state index in [1.165, 1.54) is 19.5 Å². The lowest BCUT2D eigenvalue weighted by atomic mass is 10.1. The van der Waals surface area contributed by atoms with Crippen LogP contribution in [0.3, 0.4) is 0 Å². The smallest absolute Gasteiger partial charge is 0.339 e. The number of amides is 1. The van der Waals surface area contributed by atoms with E-state index in [0.717, 1.165) is 0 Å². The van der Waals surface area contributed by atoms with Crippen molar-refractivity contribution in [2.45, 2.75) is 0 Å². The van der Waals surface area contributed by atoms with Crippen molar-refractivity contribution in [2.75, 3.05) is 17.7 Å². The van der Waals surface area contributed by atoms with E-state index in [1.54, 1.807) is 48.5 Å². The van der Waals surface area contributed by atoms with Crippen molar-refractivity contribution >= 4 is 29.1 Å². The van der Waals surface area contributed by atoms with Gasteiger partial charge in [-0.2, -0.15) is 5.26 Å². The van der Waals surface area contributed by atoms with Crippen LogP contribution in [0.5, 0.6) is 0 Å². The number of nitrogens with one attached hydrogen (secondary N) is 2. The molecule has 28 heavy (non-hydrogen) atoms. The van der Waals surface area contributed by atoms with Crippen LogP contribution in [-0.4, -0.2) is 29.0 Å². The maximum Gasteiger partial charge on any atom is 0.339 e. The molecule has 8 nitrogen and oxygen atoms in total. The molecule has 0 saturated heterocycles. The van der Waals surface area contributed by atoms with Gasteiger partial charge in [-0.05, 0) is 36.4 Å². The van der Waals surface area contributed by atoms with Gasteiger partial charge in [0.15, 0.2) is 0 Å². The van der Waals surface area contributed by atoms with Gasteiger partial charge in [-0.1, -0.05) is 12.1 Å². The third-order valence-electron chi connectivity index (χ3n) is 3.77. The number of para-hydroxylation sites is 1. The average molecular weight is 373 g/mol. The molecule has 0 atom stereocenters. The maximum absolute atomic E-state index is 12.5. The number of carbonyl (C=O) groups excluding carboxylic acids is 2. The van der Waals surface area contributed by atoms with E-state index in [2.05, 4.69) is 20.6 Å². The van der Waals surface area contributed by atoms with Gasteiger partial charge in [0.25, 0.3) is 5.91 Å². The second-order valence-electron chi connectivity index (χ2n) is 5.59. The number of hydrogen-bond donors (Lipinski definition) is 2. The van der Waals surface area contributed by atoms with Crippen LogP contribution in [0, 0.1) is 11.3 Å². The van der Waals surface area contributed by atoms with Gasteiger partial charge in [-0.3, -0.25) is 4.79 Å². The number of nitriles is 1. The van der Waals surface area contributed by atoms with Gasteiger partial charge in [-0.15, -0.1) is 0 Å². The van der Waals surface area contributed by atoms with E-state index in [9.17, 15) is 9.59 Å². The lowest BCUT2D eigenvalue weighted by Gasteiger charge is -2.10. The number of esters is 1. The number of ether oxygens (including phenoxy) is 1. The Morgan fingerprint density at radius 1 is 1.07 bits per heavy atom. The first-order chi connectivity index (χ1) is 13.6. The summed E-state index contributed by atoms with van der Waals surface area (Å²) in [6.07, 6.45) is 1.26. The van der Waals surface area contributed by atoms with E-state index < -0.39 is 11.9 Å². The zero-order valence-electron chi connectivity index (χ0n) is 14.8. The van der Waals surface area contributed by atoms with Crippen LogP contribution in [0.4, 0.5) is 17.2 Å². The Kier molecular flexibility index (Phi) is 5.58. The molecule has 0 aliphatic rings. The van der Waals surface area contributed by atoms with Crippen LogP contribution in [0.15, 0.2) is 60.9 Å². The molecule has 2 N–H and O–H groups in total. The summed E-state index contributed by atoms with van der Waals surface area (Å²) in [6.45, 7) is 0. The molecule has 8 heteroatoms. The third kappa shape index (κ3) is 4.28. The van der Waals surface area contributed by atoms with Gasteiger partial charge in [0.1, 0.15) is 17.8 Å². The first-order valence-corrected chi connectivity index (χ1v) is 8.18. The number of hydrogen-bond acceptors (Lipinski definition) is 7. The number of aromatic nitrogens is 2. The second-order valence-corrected chi connectivity index (χ2v) is 5.59. The predicted octanol–water partition coefficient (Wildman–Crippen LogP) is 3.13. The molecule has 0 unspecified atom stereocenters. The Bertz CT molecular complexity index is 1060. The Hall–Kier alpha value is -4.25. The number of benzene rings is 2. The normalized spacial score (nSPS) is 9.86. The molecule has 0 spiro atoms. The number of rotatable bonds is 5. The van der Waals surface area contributed by atoms with Crippen molar-refractivity contribution in [2.24, 2.45) is 0 Å². The van der Waals surface area contributed by atoms with Crippen molar-refractivity contribution in [3.63, 3.8) is 0 Å². The second kappa shape index (κ2) is 8.42. The monoisotopic (exact) mass is 373 g/mol. The number of carbonyl (C=O) groups is 2. The average Bonchev–Trinajstić information content (AvgIpc) is 2.74. The van der Waals surface area contributed by atoms with Crippen LogP contribution in [0.2, 0.25) is 0 Å². The predicted molar refractivity (Wildman–Crippen MR) is 102 cm³/mol. The van der Waals surface area contributed by atoms with Gasteiger partial charge in [0, 0.05) is 11.8 Å². The van der Waals surface area contributed by atoms with Gasteiger partial charge in [0.05, 0.1) is 30.0 Å². The first-order valence-electron chi connectivity index (χ1n) is 8.18. The van der Waals surface area contributed by atoms with Gasteiger partial charge in [0.2, 0.25) is 0 Å². The Morgan fingerprint density at radius 3 is 2.54 bits per heavy atom. The fourth-order valence-corrected chi connectivity index (χ4v) is 2.39. The number of nitrogens with zero attached hydrogens (tertiary/aromatic N) is 3. The van der Waals surface area contributed by atoms with Crippen molar-refractivity contribution in [1.29, 1.82) is 5.26 Å². The SMILES string of the molecule is COC(=O)c1ccccc1NC(=O)c1cc(Nc2ccc(C#N)cc2)ncn1. The minimum atomic E-state index is -0.554. The largest absolute Gasteiger partial charge is 0.465 e. The molecule has 3 aromatic rings. The highest BCUT2D eigenvalue weighted by molar-refractivity contribution is 6.07. The zero-order chi connectivity index (χ0) is 19.9. The summed E-state index contributed by atoms with van der Waals surface area (Å²) in [6, 6.07) is 16.8. The molecule has 0 bridgehead atoms. The molecule has 3 rings (SSSR count). The topological polar surface area (TPSA) is 117 Å². The van der Waals surface area contributed by atoms with Gasteiger partial charge in [-0.25, -0.2) is 14.8 Å². The molecule has 0 fully saturated rings. The Labute approximate surface area is 160 Å².